The minimum atomic E-state index is 0.176. The summed E-state index contributed by atoms with van der Waals surface area (Å²) in [5.74, 6) is 2.28. The molecule has 31 heavy (non-hydrogen) atoms. The molecule has 0 saturated carbocycles. The van der Waals surface area contributed by atoms with Gasteiger partial charge in [-0.05, 0) is 18.6 Å². The van der Waals surface area contributed by atoms with Gasteiger partial charge in [0.25, 0.3) is 5.89 Å². The Bertz CT molecular complexity index is 1260. The summed E-state index contributed by atoms with van der Waals surface area (Å²) in [5.41, 5.74) is 3.07. The number of aryl methyl sites for hydroxylation is 1. The second-order valence-electron chi connectivity index (χ2n) is 7.59. The van der Waals surface area contributed by atoms with E-state index in [1.54, 1.807) is 0 Å². The molecule has 5 aromatic rings. The van der Waals surface area contributed by atoms with Crippen LogP contribution in [0.15, 0.2) is 77.6 Å². The van der Waals surface area contributed by atoms with Crippen molar-refractivity contribution in [1.29, 1.82) is 0 Å². The first kappa shape index (κ1) is 17.8. The number of fused-ring (bicyclic) bond motifs is 1. The van der Waals surface area contributed by atoms with Crippen LogP contribution >= 0.6 is 0 Å². The Labute approximate surface area is 178 Å². The van der Waals surface area contributed by atoms with E-state index in [0.717, 1.165) is 36.5 Å². The number of nitrogens with zero attached hydrogens (tertiary/aromatic N) is 7. The highest BCUT2D eigenvalue weighted by atomic mass is 16.4. The molecule has 0 amide bonds. The quantitative estimate of drug-likeness (QED) is 0.447. The van der Waals surface area contributed by atoms with Crippen LogP contribution in [0.25, 0.3) is 28.8 Å². The van der Waals surface area contributed by atoms with E-state index in [1.807, 2.05) is 77.9 Å². The Balaban J connectivity index is 1.37. The predicted octanol–water partition coefficient (Wildman–Crippen LogP) is 3.91. The van der Waals surface area contributed by atoms with Crippen LogP contribution in [0.4, 0.5) is 0 Å². The molecule has 1 aliphatic rings. The molecule has 1 aliphatic heterocycles. The van der Waals surface area contributed by atoms with Crippen molar-refractivity contribution in [2.24, 2.45) is 0 Å². The molecule has 0 aliphatic carbocycles. The predicted molar refractivity (Wildman–Crippen MR) is 113 cm³/mol. The van der Waals surface area contributed by atoms with E-state index < -0.39 is 0 Å². The fourth-order valence-electron chi connectivity index (χ4n) is 4.00. The number of para-hydroxylation sites is 1. The normalized spacial score (nSPS) is 15.7. The minimum absolute atomic E-state index is 0.176. The molecule has 0 spiro atoms. The lowest BCUT2D eigenvalue weighted by Crippen LogP contribution is -2.17. The molecule has 1 unspecified atom stereocenters. The van der Waals surface area contributed by atoms with E-state index in [0.29, 0.717) is 17.6 Å². The summed E-state index contributed by atoms with van der Waals surface area (Å²) in [6.45, 7) is 0.900. The monoisotopic (exact) mass is 409 g/mol. The molecule has 2 aromatic carbocycles. The summed E-state index contributed by atoms with van der Waals surface area (Å²) in [7, 11) is 0. The summed E-state index contributed by atoms with van der Waals surface area (Å²) in [5, 5.41) is 13.3. The summed E-state index contributed by atoms with van der Waals surface area (Å²) < 4.78 is 10.0. The van der Waals surface area contributed by atoms with Gasteiger partial charge in [0.1, 0.15) is 0 Å². The van der Waals surface area contributed by atoms with Gasteiger partial charge in [-0.3, -0.25) is 0 Å². The smallest absolute Gasteiger partial charge is 0.287 e. The van der Waals surface area contributed by atoms with Gasteiger partial charge < -0.3 is 8.98 Å². The Hall–Kier alpha value is -4.07. The summed E-state index contributed by atoms with van der Waals surface area (Å²) in [6.07, 6.45) is 5.55. The third kappa shape index (κ3) is 3.22. The largest absolute Gasteiger partial charge is 0.418 e. The molecular formula is C23H19N7O. The molecule has 8 heteroatoms. The zero-order valence-corrected chi connectivity index (χ0v) is 16.7. The lowest BCUT2D eigenvalue weighted by Gasteiger charge is -2.20. The highest BCUT2D eigenvalue weighted by molar-refractivity contribution is 5.60. The molecule has 0 N–H and O–H groups in total. The Morgan fingerprint density at radius 3 is 2.58 bits per heavy atom. The molecule has 0 saturated heterocycles. The van der Waals surface area contributed by atoms with Crippen LogP contribution in [-0.4, -0.2) is 34.5 Å². The van der Waals surface area contributed by atoms with Crippen molar-refractivity contribution in [3.63, 3.8) is 0 Å². The van der Waals surface area contributed by atoms with Gasteiger partial charge in [-0.15, -0.1) is 15.3 Å². The summed E-state index contributed by atoms with van der Waals surface area (Å²) in [4.78, 5) is 8.98. The molecule has 8 nitrogen and oxygen atoms in total. The third-order valence-electron chi connectivity index (χ3n) is 5.59. The minimum Gasteiger partial charge on any atom is -0.418 e. The number of imidazole rings is 1. The third-order valence-corrected chi connectivity index (χ3v) is 5.59. The van der Waals surface area contributed by atoms with Crippen molar-refractivity contribution in [2.75, 3.05) is 0 Å². The second-order valence-corrected chi connectivity index (χ2v) is 7.59. The average Bonchev–Trinajstić information content (AvgIpc) is 3.59. The molecule has 6 rings (SSSR count). The highest BCUT2D eigenvalue weighted by Gasteiger charge is 2.26. The molecule has 1 atom stereocenters. The highest BCUT2D eigenvalue weighted by Crippen LogP contribution is 2.30. The standard InChI is InChI=1S/C23H19N7O/c1-3-7-16(8-4-1)21-25-20(28-30(21)18-9-5-2-6-10-18)23-27-26-22(31-23)17-11-12-29-15-24-14-19(29)13-17/h1-10,14-15,17H,11-13H2. The van der Waals surface area contributed by atoms with Crippen LogP contribution < -0.4 is 0 Å². The van der Waals surface area contributed by atoms with Crippen LogP contribution in [0.2, 0.25) is 0 Å². The topological polar surface area (TPSA) is 87.4 Å². The van der Waals surface area contributed by atoms with Gasteiger partial charge >= 0.3 is 0 Å². The van der Waals surface area contributed by atoms with Gasteiger partial charge in [-0.1, -0.05) is 48.5 Å². The lowest BCUT2D eigenvalue weighted by molar-refractivity contribution is 0.387. The van der Waals surface area contributed by atoms with E-state index in [2.05, 4.69) is 19.7 Å². The number of rotatable bonds is 4. The summed E-state index contributed by atoms with van der Waals surface area (Å²) >= 11 is 0. The van der Waals surface area contributed by atoms with Gasteiger partial charge in [0.2, 0.25) is 11.7 Å². The van der Waals surface area contributed by atoms with Crippen molar-refractivity contribution < 1.29 is 4.42 Å². The average molecular weight is 409 g/mol. The zero-order valence-electron chi connectivity index (χ0n) is 16.7. The first-order valence-electron chi connectivity index (χ1n) is 10.3. The number of aromatic nitrogens is 7. The second kappa shape index (κ2) is 7.32. The molecule has 3 aromatic heterocycles. The fraction of sp³-hybridized carbons (Fsp3) is 0.174. The maximum absolute atomic E-state index is 6.05. The number of hydrogen-bond donors (Lipinski definition) is 0. The maximum Gasteiger partial charge on any atom is 0.287 e. The van der Waals surface area contributed by atoms with Crippen LogP contribution in [0.3, 0.4) is 0 Å². The van der Waals surface area contributed by atoms with Crippen LogP contribution in [0.5, 0.6) is 0 Å². The molecule has 152 valence electrons. The van der Waals surface area contributed by atoms with E-state index >= 15 is 0 Å². The summed E-state index contributed by atoms with van der Waals surface area (Å²) in [6, 6.07) is 19.9. The molecule has 0 bridgehead atoms. The van der Waals surface area contributed by atoms with E-state index in [4.69, 9.17) is 14.5 Å². The first-order valence-corrected chi connectivity index (χ1v) is 10.3. The van der Waals surface area contributed by atoms with Crippen molar-refractivity contribution >= 4 is 0 Å². The molecule has 0 radical (unpaired) electrons. The molecule has 0 fully saturated rings. The number of hydrogen-bond acceptors (Lipinski definition) is 6. The lowest BCUT2D eigenvalue weighted by atomic mass is 9.96. The van der Waals surface area contributed by atoms with E-state index in [1.165, 1.54) is 5.69 Å². The van der Waals surface area contributed by atoms with Crippen LogP contribution in [0.1, 0.15) is 23.9 Å². The van der Waals surface area contributed by atoms with Gasteiger partial charge in [0.15, 0.2) is 5.82 Å². The van der Waals surface area contributed by atoms with Gasteiger partial charge in [0, 0.05) is 36.3 Å². The maximum atomic E-state index is 6.05. The van der Waals surface area contributed by atoms with Crippen molar-refractivity contribution in [1.82, 2.24) is 34.5 Å². The van der Waals surface area contributed by atoms with Crippen molar-refractivity contribution in [3.8, 4) is 28.8 Å². The zero-order chi connectivity index (χ0) is 20.6. The SMILES string of the molecule is c1ccc(-c2nc(-c3nnc(C4CCn5cncc5C4)o3)nn2-c2ccccc2)cc1. The van der Waals surface area contributed by atoms with Gasteiger partial charge in [-0.2, -0.15) is 0 Å². The van der Waals surface area contributed by atoms with Crippen LogP contribution in [-0.2, 0) is 13.0 Å². The molecule has 4 heterocycles. The van der Waals surface area contributed by atoms with Gasteiger partial charge in [-0.25, -0.2) is 14.6 Å². The first-order chi connectivity index (χ1) is 15.3. The fourth-order valence-corrected chi connectivity index (χ4v) is 4.00. The van der Waals surface area contributed by atoms with Crippen LogP contribution in [0, 0.1) is 0 Å². The van der Waals surface area contributed by atoms with E-state index in [-0.39, 0.29) is 5.92 Å². The number of benzene rings is 2. The Kier molecular flexibility index (Phi) is 4.19. The van der Waals surface area contributed by atoms with Gasteiger partial charge in [0.05, 0.1) is 12.0 Å². The van der Waals surface area contributed by atoms with E-state index in [9.17, 15) is 0 Å². The Morgan fingerprint density at radius 2 is 1.74 bits per heavy atom. The Morgan fingerprint density at radius 1 is 0.935 bits per heavy atom. The van der Waals surface area contributed by atoms with Crippen molar-refractivity contribution in [2.45, 2.75) is 25.3 Å². The van der Waals surface area contributed by atoms with Crippen molar-refractivity contribution in [3.05, 3.63) is 84.8 Å². The molecular weight excluding hydrogens is 390 g/mol.